The van der Waals surface area contributed by atoms with Gasteiger partial charge >= 0.3 is 6.18 Å². The first-order valence-electron chi connectivity index (χ1n) is 13.1. The van der Waals surface area contributed by atoms with Gasteiger partial charge in [-0.2, -0.15) is 13.2 Å². The monoisotopic (exact) mass is 600 g/mol. The van der Waals surface area contributed by atoms with E-state index in [1.54, 1.807) is 12.1 Å². The number of amides is 3. The number of nitrogens with zero attached hydrogens (tertiary/aromatic N) is 2. The Labute approximate surface area is 239 Å². The van der Waals surface area contributed by atoms with Crippen LogP contribution >= 0.6 is 22.9 Å². The smallest absolute Gasteiger partial charge is 0.370 e. The molecule has 2 aliphatic rings. The molecule has 2 N–H and O–H groups in total. The molecule has 1 saturated carbocycles. The molecular formula is C27H32ClF3N4O4S. The molecule has 0 spiro atoms. The van der Waals surface area contributed by atoms with Crippen molar-refractivity contribution in [1.82, 2.24) is 10.2 Å². The molecular weight excluding hydrogens is 569 g/mol. The van der Waals surface area contributed by atoms with Gasteiger partial charge in [0.2, 0.25) is 5.91 Å². The lowest BCUT2D eigenvalue weighted by Crippen LogP contribution is -2.57. The van der Waals surface area contributed by atoms with Gasteiger partial charge in [-0.25, -0.2) is 0 Å². The third-order valence-electron chi connectivity index (χ3n) is 6.92. The second kappa shape index (κ2) is 12.9. The summed E-state index contributed by atoms with van der Waals surface area (Å²) in [6.07, 6.45) is -1.96. The first-order chi connectivity index (χ1) is 18.9. The largest absolute Gasteiger partial charge is 0.418 e. The van der Waals surface area contributed by atoms with E-state index in [0.29, 0.717) is 15.8 Å². The van der Waals surface area contributed by atoms with Gasteiger partial charge in [0.1, 0.15) is 12.6 Å². The predicted molar refractivity (Wildman–Crippen MR) is 148 cm³/mol. The second-order valence-corrected chi connectivity index (χ2v) is 12.0. The van der Waals surface area contributed by atoms with Gasteiger partial charge in [0, 0.05) is 31.4 Å². The average molecular weight is 601 g/mol. The summed E-state index contributed by atoms with van der Waals surface area (Å²) < 4.78 is 47.7. The van der Waals surface area contributed by atoms with Crippen LogP contribution in [0.2, 0.25) is 4.34 Å². The SMILES string of the molecule is CC(C)CN(C1CCC1)[C@@H](CNC(=O)c1ccc(Cl)s1)C(=O)Nc1ccc(N2CCOCC2=O)c(C(F)(F)F)c1. The maximum atomic E-state index is 14.1. The van der Waals surface area contributed by atoms with Gasteiger partial charge in [-0.05, 0) is 49.1 Å². The van der Waals surface area contributed by atoms with Gasteiger partial charge in [0.05, 0.1) is 27.1 Å². The van der Waals surface area contributed by atoms with Crippen molar-refractivity contribution in [3.05, 3.63) is 45.1 Å². The standard InChI is InChI=1S/C27H32ClF3N4O4S/c1-16(2)14-35(18-4-3-5-18)21(13-32-26(38)22-8-9-23(28)40-22)25(37)33-17-6-7-20(19(12-17)27(29,30)31)34-10-11-39-15-24(34)36/h6-9,12,16,18,21H,3-5,10-11,13-15H2,1-2H3,(H,32,38)(H,33,37)/t21-/m0/s1. The van der Waals surface area contributed by atoms with Gasteiger partial charge in [-0.3, -0.25) is 19.3 Å². The molecule has 13 heteroatoms. The number of hydrogen-bond acceptors (Lipinski definition) is 6. The molecule has 0 unspecified atom stereocenters. The Morgan fingerprint density at radius 3 is 2.55 bits per heavy atom. The number of ether oxygens (including phenoxy) is 1. The van der Waals surface area contributed by atoms with Crippen molar-refractivity contribution in [3.8, 4) is 0 Å². The second-order valence-electron chi connectivity index (χ2n) is 10.3. The zero-order chi connectivity index (χ0) is 29.0. The van der Waals surface area contributed by atoms with Crippen LogP contribution in [-0.4, -0.2) is 67.6 Å². The van der Waals surface area contributed by atoms with Crippen molar-refractivity contribution >= 4 is 52.0 Å². The van der Waals surface area contributed by atoms with Gasteiger partial charge in [0.15, 0.2) is 0 Å². The van der Waals surface area contributed by atoms with Crippen LogP contribution < -0.4 is 15.5 Å². The zero-order valence-corrected chi connectivity index (χ0v) is 23.8. The van der Waals surface area contributed by atoms with Crippen LogP contribution in [0.15, 0.2) is 30.3 Å². The fourth-order valence-corrected chi connectivity index (χ4v) is 5.78. The van der Waals surface area contributed by atoms with Crippen LogP contribution in [0.3, 0.4) is 0 Å². The quantitative estimate of drug-likeness (QED) is 0.399. The summed E-state index contributed by atoms with van der Waals surface area (Å²) in [6.45, 7) is 4.41. The van der Waals surface area contributed by atoms with E-state index in [-0.39, 0.29) is 55.5 Å². The molecule has 1 aliphatic heterocycles. The lowest BCUT2D eigenvalue weighted by molar-refractivity contribution is -0.137. The lowest BCUT2D eigenvalue weighted by Gasteiger charge is -2.42. The maximum absolute atomic E-state index is 14.1. The summed E-state index contributed by atoms with van der Waals surface area (Å²) in [5.74, 6) is -1.27. The Hall–Kier alpha value is -2.67. The van der Waals surface area contributed by atoms with Crippen LogP contribution in [0.25, 0.3) is 0 Å². The van der Waals surface area contributed by atoms with E-state index >= 15 is 0 Å². The summed E-state index contributed by atoms with van der Waals surface area (Å²) in [4.78, 5) is 42.1. The topological polar surface area (TPSA) is 91.0 Å². The molecule has 0 bridgehead atoms. The van der Waals surface area contributed by atoms with Crippen LogP contribution in [0, 0.1) is 5.92 Å². The highest BCUT2D eigenvalue weighted by molar-refractivity contribution is 7.18. The van der Waals surface area contributed by atoms with E-state index in [9.17, 15) is 27.6 Å². The molecule has 40 heavy (non-hydrogen) atoms. The van der Waals surface area contributed by atoms with Gasteiger partial charge < -0.3 is 20.3 Å². The third-order valence-corrected chi connectivity index (χ3v) is 8.15. The van der Waals surface area contributed by atoms with Crippen molar-refractivity contribution in [3.63, 3.8) is 0 Å². The molecule has 8 nitrogen and oxygen atoms in total. The van der Waals surface area contributed by atoms with E-state index in [0.717, 1.165) is 41.6 Å². The molecule has 2 aromatic rings. The molecule has 2 heterocycles. The molecule has 1 aromatic carbocycles. The molecule has 0 radical (unpaired) electrons. The van der Waals surface area contributed by atoms with E-state index in [1.165, 1.54) is 12.1 Å². The number of carbonyl (C=O) groups excluding carboxylic acids is 3. The highest BCUT2D eigenvalue weighted by Gasteiger charge is 2.38. The number of thiophene rings is 1. The summed E-state index contributed by atoms with van der Waals surface area (Å²) >= 11 is 7.07. The minimum absolute atomic E-state index is 0.00358. The lowest BCUT2D eigenvalue weighted by atomic mass is 9.89. The number of hydrogen-bond donors (Lipinski definition) is 2. The minimum atomic E-state index is -4.76. The summed E-state index contributed by atoms with van der Waals surface area (Å²) in [5.41, 5.74) is -1.37. The van der Waals surface area contributed by atoms with Crippen LogP contribution in [-0.2, 0) is 20.5 Å². The molecule has 1 saturated heterocycles. The summed E-state index contributed by atoms with van der Waals surface area (Å²) in [7, 11) is 0. The van der Waals surface area contributed by atoms with Crippen molar-refractivity contribution < 1.29 is 32.3 Å². The number of benzene rings is 1. The van der Waals surface area contributed by atoms with Crippen molar-refractivity contribution in [2.24, 2.45) is 5.92 Å². The Kier molecular flexibility index (Phi) is 9.76. The van der Waals surface area contributed by atoms with Crippen molar-refractivity contribution in [2.45, 2.75) is 51.4 Å². The van der Waals surface area contributed by atoms with Crippen LogP contribution in [0.5, 0.6) is 0 Å². The Bertz CT molecular complexity index is 1230. The zero-order valence-electron chi connectivity index (χ0n) is 22.2. The number of anilines is 2. The number of morpholine rings is 1. The van der Waals surface area contributed by atoms with Crippen LogP contribution in [0.1, 0.15) is 48.3 Å². The van der Waals surface area contributed by atoms with Crippen LogP contribution in [0.4, 0.5) is 24.5 Å². The number of nitrogens with one attached hydrogen (secondary N) is 2. The Morgan fingerprint density at radius 2 is 1.98 bits per heavy atom. The predicted octanol–water partition coefficient (Wildman–Crippen LogP) is 5.03. The van der Waals surface area contributed by atoms with Gasteiger partial charge in [-0.1, -0.05) is 31.9 Å². The van der Waals surface area contributed by atoms with Gasteiger partial charge in [-0.15, -0.1) is 11.3 Å². The number of alkyl halides is 3. The first kappa shape index (κ1) is 30.3. The number of rotatable bonds is 10. The molecule has 4 rings (SSSR count). The molecule has 218 valence electrons. The molecule has 1 aliphatic carbocycles. The van der Waals surface area contributed by atoms with Gasteiger partial charge in [0.25, 0.3) is 11.8 Å². The molecule has 2 fully saturated rings. The summed E-state index contributed by atoms with van der Waals surface area (Å²) in [6, 6.07) is 5.90. The average Bonchev–Trinajstić information content (AvgIpc) is 3.29. The van der Waals surface area contributed by atoms with Crippen molar-refractivity contribution in [1.29, 1.82) is 0 Å². The first-order valence-corrected chi connectivity index (χ1v) is 14.3. The van der Waals surface area contributed by atoms with Crippen molar-refractivity contribution in [2.75, 3.05) is 43.1 Å². The Morgan fingerprint density at radius 1 is 1.23 bits per heavy atom. The Balaban J connectivity index is 1.59. The number of halogens is 4. The fourth-order valence-electron chi connectivity index (χ4n) is 4.82. The highest BCUT2D eigenvalue weighted by atomic mass is 35.5. The third kappa shape index (κ3) is 7.34. The molecule has 1 aromatic heterocycles. The fraction of sp³-hybridized carbons (Fsp3) is 0.519. The highest BCUT2D eigenvalue weighted by Crippen LogP contribution is 2.39. The normalized spacial score (nSPS) is 17.2. The number of carbonyl (C=O) groups is 3. The summed E-state index contributed by atoms with van der Waals surface area (Å²) in [5, 5.41) is 5.44. The van der Waals surface area contributed by atoms with E-state index in [4.69, 9.17) is 16.3 Å². The molecule has 3 amide bonds. The van der Waals surface area contributed by atoms with E-state index in [1.807, 2.05) is 18.7 Å². The van der Waals surface area contributed by atoms with E-state index < -0.39 is 29.6 Å². The molecule has 1 atom stereocenters. The minimum Gasteiger partial charge on any atom is -0.370 e. The van der Waals surface area contributed by atoms with E-state index in [2.05, 4.69) is 10.6 Å². The maximum Gasteiger partial charge on any atom is 0.418 e.